The molecule has 0 bridgehead atoms. The molecule has 0 spiro atoms. The SMILES string of the molecule is C1=CC2C(n3c4ccccc4c4cc5oc6c(-c7ccccc7)nc(-c7ccccc7)nc6c5cc43)=CC=C3c4ccccc4C(=C1)C32. The predicted octanol–water partition coefficient (Wildman–Crippen LogP) is 11.0. The zero-order valence-corrected chi connectivity index (χ0v) is 25.8. The van der Waals surface area contributed by atoms with Crippen molar-refractivity contribution in [2.45, 2.75) is 0 Å². The summed E-state index contributed by atoms with van der Waals surface area (Å²) in [5.41, 5.74) is 14.3. The molecule has 3 aromatic heterocycles. The van der Waals surface area contributed by atoms with Gasteiger partial charge in [0, 0.05) is 44.8 Å². The summed E-state index contributed by atoms with van der Waals surface area (Å²) in [6.07, 6.45) is 11.6. The molecule has 5 aromatic carbocycles. The van der Waals surface area contributed by atoms with Gasteiger partial charge in [-0.2, -0.15) is 0 Å². The Balaban J connectivity index is 1.20. The number of allylic oxidation sites excluding steroid dienone is 8. The molecule has 0 N–H and O–H groups in total. The minimum atomic E-state index is 0.213. The van der Waals surface area contributed by atoms with Crippen LogP contribution < -0.4 is 0 Å². The van der Waals surface area contributed by atoms with Crippen LogP contribution in [0.4, 0.5) is 0 Å². The van der Waals surface area contributed by atoms with Crippen LogP contribution in [0.3, 0.4) is 0 Å². The third-order valence-corrected chi connectivity index (χ3v) is 10.4. The van der Waals surface area contributed by atoms with Crippen molar-refractivity contribution >= 4 is 60.7 Å². The third kappa shape index (κ3) is 3.49. The van der Waals surface area contributed by atoms with Gasteiger partial charge in [-0.1, -0.05) is 127 Å². The zero-order valence-electron chi connectivity index (χ0n) is 25.8. The van der Waals surface area contributed by atoms with Crippen LogP contribution >= 0.6 is 0 Å². The fraction of sp³-hybridized carbons (Fsp3) is 0.0455. The van der Waals surface area contributed by atoms with Gasteiger partial charge in [0.05, 0.1) is 11.0 Å². The molecule has 0 saturated carbocycles. The molecule has 48 heavy (non-hydrogen) atoms. The number of benzene rings is 5. The highest BCUT2D eigenvalue weighted by Gasteiger charge is 2.41. The van der Waals surface area contributed by atoms with Gasteiger partial charge in [0.15, 0.2) is 11.4 Å². The lowest BCUT2D eigenvalue weighted by Gasteiger charge is -2.32. The van der Waals surface area contributed by atoms with E-state index in [1.165, 1.54) is 38.9 Å². The summed E-state index contributed by atoms with van der Waals surface area (Å²) in [6.45, 7) is 0. The molecule has 2 unspecified atom stereocenters. The summed E-state index contributed by atoms with van der Waals surface area (Å²) in [5.74, 6) is 1.20. The smallest absolute Gasteiger partial charge is 0.180 e. The molecule has 3 heterocycles. The quantitative estimate of drug-likeness (QED) is 0.199. The molecule has 4 nitrogen and oxygen atoms in total. The normalized spacial score (nSPS) is 17.9. The highest BCUT2D eigenvalue weighted by molar-refractivity contribution is 6.18. The second kappa shape index (κ2) is 9.63. The summed E-state index contributed by atoms with van der Waals surface area (Å²) in [4.78, 5) is 10.3. The van der Waals surface area contributed by atoms with Gasteiger partial charge in [0.1, 0.15) is 16.8 Å². The van der Waals surface area contributed by atoms with E-state index >= 15 is 0 Å². The van der Waals surface area contributed by atoms with Crippen LogP contribution in [-0.4, -0.2) is 14.5 Å². The maximum Gasteiger partial charge on any atom is 0.180 e. The average Bonchev–Trinajstić information content (AvgIpc) is 3.80. The van der Waals surface area contributed by atoms with Gasteiger partial charge in [-0.05, 0) is 46.5 Å². The van der Waals surface area contributed by atoms with E-state index in [2.05, 4.69) is 120 Å². The summed E-state index contributed by atoms with van der Waals surface area (Å²) < 4.78 is 9.20. The molecule has 0 radical (unpaired) electrons. The van der Waals surface area contributed by atoms with Crippen molar-refractivity contribution < 1.29 is 4.42 Å². The molecule has 3 aliphatic carbocycles. The van der Waals surface area contributed by atoms with Crippen LogP contribution in [0.1, 0.15) is 11.1 Å². The van der Waals surface area contributed by atoms with Gasteiger partial charge in [0.25, 0.3) is 0 Å². The first kappa shape index (κ1) is 25.9. The minimum Gasteiger partial charge on any atom is -0.452 e. The van der Waals surface area contributed by atoms with E-state index in [1.807, 2.05) is 36.4 Å². The third-order valence-electron chi connectivity index (χ3n) is 10.4. The first-order valence-corrected chi connectivity index (χ1v) is 16.5. The van der Waals surface area contributed by atoms with Gasteiger partial charge in [-0.3, -0.25) is 0 Å². The summed E-state index contributed by atoms with van der Waals surface area (Å²) in [6, 6.07) is 42.6. The van der Waals surface area contributed by atoms with E-state index in [4.69, 9.17) is 14.4 Å². The van der Waals surface area contributed by atoms with Crippen LogP contribution in [-0.2, 0) is 0 Å². The molecule has 4 heteroatoms. The summed E-state index contributed by atoms with van der Waals surface area (Å²) in [5, 5.41) is 3.35. The van der Waals surface area contributed by atoms with Crippen LogP contribution in [0.25, 0.3) is 83.4 Å². The fourth-order valence-electron chi connectivity index (χ4n) is 8.32. The van der Waals surface area contributed by atoms with Crippen molar-refractivity contribution in [3.8, 4) is 22.6 Å². The summed E-state index contributed by atoms with van der Waals surface area (Å²) >= 11 is 0. The Morgan fingerprint density at radius 1 is 0.583 bits per heavy atom. The first-order chi connectivity index (χ1) is 23.8. The molecule has 3 aliphatic rings. The van der Waals surface area contributed by atoms with Crippen molar-refractivity contribution in [1.82, 2.24) is 14.5 Å². The number of fused-ring (bicyclic) bond motifs is 9. The van der Waals surface area contributed by atoms with Gasteiger partial charge >= 0.3 is 0 Å². The Morgan fingerprint density at radius 2 is 1.29 bits per heavy atom. The molecule has 0 saturated heterocycles. The van der Waals surface area contributed by atoms with Crippen LogP contribution in [0.5, 0.6) is 0 Å². The molecule has 224 valence electrons. The van der Waals surface area contributed by atoms with Gasteiger partial charge in [-0.15, -0.1) is 0 Å². The Bertz CT molecular complexity index is 2780. The molecule has 0 fully saturated rings. The Labute approximate surface area is 276 Å². The van der Waals surface area contributed by atoms with Crippen molar-refractivity contribution in [3.63, 3.8) is 0 Å². The first-order valence-electron chi connectivity index (χ1n) is 16.5. The fourth-order valence-corrected chi connectivity index (χ4v) is 8.32. The highest BCUT2D eigenvalue weighted by Crippen LogP contribution is 2.55. The molecule has 8 aromatic rings. The van der Waals surface area contributed by atoms with Crippen molar-refractivity contribution in [1.29, 1.82) is 0 Å². The topological polar surface area (TPSA) is 43.9 Å². The van der Waals surface area contributed by atoms with Crippen LogP contribution in [0.15, 0.2) is 156 Å². The van der Waals surface area contributed by atoms with Crippen LogP contribution in [0.2, 0.25) is 0 Å². The second-order valence-corrected chi connectivity index (χ2v) is 12.9. The zero-order chi connectivity index (χ0) is 31.3. The van der Waals surface area contributed by atoms with Crippen LogP contribution in [0, 0.1) is 11.8 Å². The minimum absolute atomic E-state index is 0.213. The Kier molecular flexibility index (Phi) is 5.19. The van der Waals surface area contributed by atoms with E-state index in [0.717, 1.165) is 44.2 Å². The number of para-hydroxylation sites is 1. The molecule has 0 aliphatic heterocycles. The molecule has 0 amide bonds. The van der Waals surface area contributed by atoms with Crippen molar-refractivity contribution in [2.75, 3.05) is 0 Å². The van der Waals surface area contributed by atoms with Crippen molar-refractivity contribution in [2.24, 2.45) is 11.8 Å². The lowest BCUT2D eigenvalue weighted by atomic mass is 9.75. The number of furan rings is 1. The number of hydrogen-bond acceptors (Lipinski definition) is 3. The number of hydrogen-bond donors (Lipinski definition) is 0. The lowest BCUT2D eigenvalue weighted by Crippen LogP contribution is -2.21. The molecular weight excluding hydrogens is 587 g/mol. The lowest BCUT2D eigenvalue weighted by molar-refractivity contribution is 0.668. The van der Waals surface area contributed by atoms with Crippen molar-refractivity contribution in [3.05, 3.63) is 163 Å². The standard InChI is InChI=1S/C44H27N3O/c1-3-12-26(13-4-1)41-43-42(46-44(45-41)27-14-5-2-6-15-27)35-24-38-34(25-39(35)48-43)30-18-9-10-21-36(30)47(38)37-23-22-32-29-17-8-7-16-28(29)31-19-11-20-33(37)40(31)32/h1-25,33,40H. The maximum atomic E-state index is 6.72. The highest BCUT2D eigenvalue weighted by atomic mass is 16.3. The number of nitrogens with zero attached hydrogens (tertiary/aromatic N) is 3. The predicted molar refractivity (Wildman–Crippen MR) is 196 cm³/mol. The molecule has 2 atom stereocenters. The average molecular weight is 614 g/mol. The van der Waals surface area contributed by atoms with Gasteiger partial charge in [-0.25, -0.2) is 9.97 Å². The van der Waals surface area contributed by atoms with E-state index < -0.39 is 0 Å². The summed E-state index contributed by atoms with van der Waals surface area (Å²) in [7, 11) is 0. The Hall–Kier alpha value is -6.26. The van der Waals surface area contributed by atoms with E-state index in [9.17, 15) is 0 Å². The molecule has 11 rings (SSSR count). The van der Waals surface area contributed by atoms with E-state index in [-0.39, 0.29) is 5.92 Å². The largest absolute Gasteiger partial charge is 0.452 e. The van der Waals surface area contributed by atoms with Gasteiger partial charge in [0.2, 0.25) is 0 Å². The number of rotatable bonds is 3. The number of aromatic nitrogens is 3. The maximum absolute atomic E-state index is 6.72. The van der Waals surface area contributed by atoms with E-state index in [1.54, 1.807) is 0 Å². The Morgan fingerprint density at radius 3 is 2.10 bits per heavy atom. The monoisotopic (exact) mass is 613 g/mol. The second-order valence-electron chi connectivity index (χ2n) is 12.9. The van der Waals surface area contributed by atoms with E-state index in [0.29, 0.717) is 17.3 Å². The van der Waals surface area contributed by atoms with Gasteiger partial charge < -0.3 is 8.98 Å². The molecular formula is C44H27N3O.